The average molecular weight is 642 g/mol. The maximum Gasteiger partial charge on any atom is 0.408 e. The Labute approximate surface area is 264 Å². The fourth-order valence-electron chi connectivity index (χ4n) is 4.58. The van der Waals surface area contributed by atoms with Crippen molar-refractivity contribution in [3.63, 3.8) is 0 Å². The van der Waals surface area contributed by atoms with Gasteiger partial charge in [0.2, 0.25) is 0 Å². The van der Waals surface area contributed by atoms with E-state index < -0.39 is 48.4 Å². The summed E-state index contributed by atoms with van der Waals surface area (Å²) in [6.45, 7) is 4.77. The number of ether oxygens (including phenoxy) is 2. The van der Waals surface area contributed by atoms with Crippen LogP contribution in [0.15, 0.2) is 42.7 Å². The fraction of sp³-hybridized carbons (Fsp3) is 0.419. The lowest BCUT2D eigenvalue weighted by Gasteiger charge is -2.40. The molecule has 0 radical (unpaired) electrons. The summed E-state index contributed by atoms with van der Waals surface area (Å²) in [5.74, 6) is -2.86. The van der Waals surface area contributed by atoms with E-state index in [-0.39, 0.29) is 42.0 Å². The third-order valence-electron chi connectivity index (χ3n) is 6.89. The first-order valence-electron chi connectivity index (χ1n) is 14.7. The molecule has 0 saturated carbocycles. The second-order valence-electron chi connectivity index (χ2n) is 11.7. The molecule has 2 aromatic heterocycles. The van der Waals surface area contributed by atoms with Gasteiger partial charge in [-0.3, -0.25) is 19.1 Å². The Balaban J connectivity index is 1.34. The van der Waals surface area contributed by atoms with Gasteiger partial charge in [-0.1, -0.05) is 12.1 Å². The molecule has 0 aliphatic carbocycles. The van der Waals surface area contributed by atoms with Gasteiger partial charge in [0.05, 0.1) is 17.8 Å². The van der Waals surface area contributed by atoms with Gasteiger partial charge in [-0.2, -0.15) is 5.10 Å². The molecule has 1 saturated heterocycles. The van der Waals surface area contributed by atoms with Crippen LogP contribution in [0, 0.1) is 11.6 Å². The van der Waals surface area contributed by atoms with Gasteiger partial charge < -0.3 is 30.3 Å². The van der Waals surface area contributed by atoms with E-state index in [2.05, 4.69) is 26.0 Å². The Bertz CT molecular complexity index is 1590. The lowest BCUT2D eigenvalue weighted by molar-refractivity contribution is -0.154. The van der Waals surface area contributed by atoms with Crippen molar-refractivity contribution >= 4 is 29.7 Å². The highest BCUT2D eigenvalue weighted by Crippen LogP contribution is 2.26. The number of nitrogens with zero attached hydrogens (tertiary/aromatic N) is 4. The number of carbonyl (C=O) groups excluding carboxylic acids is 4. The number of rotatable bonds is 12. The van der Waals surface area contributed by atoms with Crippen LogP contribution >= 0.6 is 0 Å². The molecule has 0 spiro atoms. The molecule has 0 bridgehead atoms. The van der Waals surface area contributed by atoms with Gasteiger partial charge in [0.25, 0.3) is 11.8 Å². The van der Waals surface area contributed by atoms with Crippen LogP contribution in [0.2, 0.25) is 0 Å². The van der Waals surface area contributed by atoms with Crippen molar-refractivity contribution in [2.75, 3.05) is 38.1 Å². The van der Waals surface area contributed by atoms with E-state index in [0.29, 0.717) is 24.9 Å². The summed E-state index contributed by atoms with van der Waals surface area (Å²) < 4.78 is 40.3. The molecule has 3 heterocycles. The number of anilines is 1. The maximum atomic E-state index is 15.2. The van der Waals surface area contributed by atoms with Crippen molar-refractivity contribution in [1.29, 1.82) is 0 Å². The minimum absolute atomic E-state index is 0.00418. The number of amides is 3. The molecule has 4 rings (SSSR count). The van der Waals surface area contributed by atoms with E-state index in [4.69, 9.17) is 9.47 Å². The molecule has 46 heavy (non-hydrogen) atoms. The highest BCUT2D eigenvalue weighted by molar-refractivity contribution is 5.99. The van der Waals surface area contributed by atoms with E-state index >= 15 is 4.39 Å². The third kappa shape index (κ3) is 9.46. The van der Waals surface area contributed by atoms with Gasteiger partial charge in [0.15, 0.2) is 12.4 Å². The van der Waals surface area contributed by atoms with Crippen molar-refractivity contribution in [3.8, 4) is 11.3 Å². The van der Waals surface area contributed by atoms with Crippen LogP contribution < -0.4 is 16.0 Å². The molecular formula is C31H37F2N7O6. The minimum Gasteiger partial charge on any atom is -0.454 e. The smallest absolute Gasteiger partial charge is 0.408 e. The first-order chi connectivity index (χ1) is 21.8. The van der Waals surface area contributed by atoms with Crippen LogP contribution in [0.4, 0.5) is 19.4 Å². The Morgan fingerprint density at radius 1 is 1.11 bits per heavy atom. The summed E-state index contributed by atoms with van der Waals surface area (Å²) in [6, 6.07) is 6.84. The van der Waals surface area contributed by atoms with Gasteiger partial charge in [-0.05, 0) is 57.4 Å². The van der Waals surface area contributed by atoms with Crippen molar-refractivity contribution in [3.05, 3.63) is 65.5 Å². The molecule has 1 aromatic carbocycles. The third-order valence-corrected chi connectivity index (χ3v) is 6.89. The Kier molecular flexibility index (Phi) is 10.9. The van der Waals surface area contributed by atoms with E-state index in [1.54, 1.807) is 46.1 Å². The first-order valence-corrected chi connectivity index (χ1v) is 14.7. The monoisotopic (exact) mass is 641 g/mol. The predicted molar refractivity (Wildman–Crippen MR) is 163 cm³/mol. The van der Waals surface area contributed by atoms with E-state index in [9.17, 15) is 23.6 Å². The van der Waals surface area contributed by atoms with Gasteiger partial charge >= 0.3 is 12.1 Å². The number of aryl methyl sites for hydroxylation is 1. The molecule has 1 aliphatic rings. The van der Waals surface area contributed by atoms with Gasteiger partial charge in [-0.15, -0.1) is 0 Å². The number of benzene rings is 1. The topological polar surface area (TPSA) is 157 Å². The molecule has 3 N–H and O–H groups in total. The maximum absolute atomic E-state index is 15.2. The molecular weight excluding hydrogens is 604 g/mol. The van der Waals surface area contributed by atoms with Gasteiger partial charge in [-0.25, -0.2) is 18.6 Å². The Morgan fingerprint density at radius 2 is 1.89 bits per heavy atom. The number of hydrogen-bond acceptors (Lipinski definition) is 9. The molecule has 1 fully saturated rings. The number of likely N-dealkylation sites (tertiary alicyclic amines) is 1. The minimum atomic E-state index is -0.814. The summed E-state index contributed by atoms with van der Waals surface area (Å²) in [7, 11) is 1.68. The molecule has 3 aromatic rings. The van der Waals surface area contributed by atoms with Crippen LogP contribution in [0.1, 0.15) is 43.1 Å². The molecule has 13 nitrogen and oxygen atoms in total. The number of alkyl carbamates (subject to hydrolysis) is 1. The summed E-state index contributed by atoms with van der Waals surface area (Å²) in [6.07, 6.45) is 3.27. The number of carbonyl (C=O) groups is 4. The number of pyridine rings is 1. The second kappa shape index (κ2) is 14.8. The van der Waals surface area contributed by atoms with Crippen LogP contribution in [0.25, 0.3) is 11.3 Å². The number of nitrogens with one attached hydrogen (secondary N) is 3. The van der Waals surface area contributed by atoms with Crippen molar-refractivity contribution < 1.29 is 37.4 Å². The lowest BCUT2D eigenvalue weighted by atomic mass is 10.0. The average Bonchev–Trinajstić information content (AvgIpc) is 3.40. The lowest BCUT2D eigenvalue weighted by Crippen LogP contribution is -2.57. The molecule has 246 valence electrons. The van der Waals surface area contributed by atoms with E-state index in [1.807, 2.05) is 0 Å². The zero-order chi connectivity index (χ0) is 33.4. The summed E-state index contributed by atoms with van der Waals surface area (Å²) in [5.41, 5.74) is 0.373. The van der Waals surface area contributed by atoms with Crippen LogP contribution in [0.3, 0.4) is 0 Å². The highest BCUT2D eigenvalue weighted by Gasteiger charge is 2.33. The molecule has 0 unspecified atom stereocenters. The largest absolute Gasteiger partial charge is 0.454 e. The second-order valence-corrected chi connectivity index (χ2v) is 11.7. The summed E-state index contributed by atoms with van der Waals surface area (Å²) >= 11 is 0. The Hall–Kier alpha value is -5.08. The molecule has 1 atom stereocenters. The zero-order valence-electron chi connectivity index (χ0n) is 26.1. The van der Waals surface area contributed by atoms with E-state index in [0.717, 1.165) is 11.6 Å². The quantitative estimate of drug-likeness (QED) is 0.253. The molecule has 15 heteroatoms. The highest BCUT2D eigenvalue weighted by atomic mass is 19.1. The van der Waals surface area contributed by atoms with Crippen LogP contribution in [0.5, 0.6) is 0 Å². The van der Waals surface area contributed by atoms with Crippen molar-refractivity contribution in [2.24, 2.45) is 7.05 Å². The number of hydrogen-bond donors (Lipinski definition) is 3. The number of halogens is 2. The standard InChI is InChI=1S/C31H37F2N7O6/c1-31(2,3)46-30(44)36-16-26(42)45-18-25(41)40-11-9-22(40)15-35-29(43)23-13-24(33)27(20-14-37-39(4)17-20)38-28(23)34-10-8-19-6-5-7-21(32)12-19/h5-7,12-14,17,22H,8-11,15-16,18H2,1-4H3,(H,34,38)(H,35,43)(H,36,44)/t22-/m1/s1. The normalized spacial score (nSPS) is 14.2. The van der Waals surface area contributed by atoms with Crippen molar-refractivity contribution in [1.82, 2.24) is 30.3 Å². The molecule has 1 aliphatic heterocycles. The van der Waals surface area contributed by atoms with Crippen LogP contribution in [-0.2, 0) is 32.5 Å². The molecule has 3 amide bonds. The fourth-order valence-corrected chi connectivity index (χ4v) is 4.58. The van der Waals surface area contributed by atoms with Gasteiger partial charge in [0.1, 0.15) is 29.5 Å². The first kappa shape index (κ1) is 33.8. The van der Waals surface area contributed by atoms with E-state index in [1.165, 1.54) is 27.9 Å². The Morgan fingerprint density at radius 3 is 2.54 bits per heavy atom. The SMILES string of the molecule is Cn1cc(-c2nc(NCCc3cccc(F)c3)c(C(=O)NC[C@H]3CCN3C(=O)COC(=O)CNC(=O)OC(C)(C)C)cc2F)cn1. The van der Waals surface area contributed by atoms with Crippen molar-refractivity contribution in [2.45, 2.75) is 45.3 Å². The zero-order valence-corrected chi connectivity index (χ0v) is 26.1. The van der Waals surface area contributed by atoms with Gasteiger partial charge in [0, 0.05) is 38.4 Å². The summed E-state index contributed by atoms with van der Waals surface area (Å²) in [5, 5.41) is 12.1. The number of aromatic nitrogens is 3. The van der Waals surface area contributed by atoms with Crippen LogP contribution in [-0.4, -0.2) is 88.0 Å². The summed E-state index contributed by atoms with van der Waals surface area (Å²) in [4.78, 5) is 55.4. The predicted octanol–water partition coefficient (Wildman–Crippen LogP) is 2.81. The number of esters is 1.